The highest BCUT2D eigenvalue weighted by Gasteiger charge is 2.52. The van der Waals surface area contributed by atoms with Crippen LogP contribution in [-0.4, -0.2) is 42.7 Å². The van der Waals surface area contributed by atoms with Crippen LogP contribution in [0.5, 0.6) is 11.5 Å². The molecule has 0 bridgehead atoms. The van der Waals surface area contributed by atoms with E-state index in [2.05, 4.69) is 48.9 Å². The van der Waals surface area contributed by atoms with Crippen molar-refractivity contribution in [2.75, 3.05) is 6.54 Å². The zero-order valence-electron chi connectivity index (χ0n) is 28.0. The van der Waals surface area contributed by atoms with Gasteiger partial charge in [0, 0.05) is 34.2 Å². The molecule has 48 heavy (non-hydrogen) atoms. The Labute approximate surface area is 280 Å². The van der Waals surface area contributed by atoms with Crippen LogP contribution >= 0.6 is 0 Å². The lowest BCUT2D eigenvalue weighted by Gasteiger charge is -2.45. The number of benzene rings is 3. The first-order chi connectivity index (χ1) is 22.9. The second-order valence-corrected chi connectivity index (χ2v) is 18.7. The van der Waals surface area contributed by atoms with Crippen LogP contribution < -0.4 is 16.0 Å². The van der Waals surface area contributed by atoms with Gasteiger partial charge in [-0.3, -0.25) is 14.3 Å². The number of aromatic amines is 1. The van der Waals surface area contributed by atoms with Crippen molar-refractivity contribution in [1.29, 1.82) is 0 Å². The van der Waals surface area contributed by atoms with Gasteiger partial charge in [0.2, 0.25) is 0 Å². The van der Waals surface area contributed by atoms with Gasteiger partial charge in [-0.05, 0) is 48.3 Å². The van der Waals surface area contributed by atoms with E-state index in [-0.39, 0.29) is 11.6 Å². The number of nitrogens with zero attached hydrogens (tertiary/aromatic N) is 4. The molecule has 2 aliphatic rings. The maximum Gasteiger partial charge on any atom is 0.330 e. The van der Waals surface area contributed by atoms with Crippen molar-refractivity contribution in [3.8, 4) is 11.5 Å². The Kier molecular flexibility index (Phi) is 8.97. The number of azide groups is 1. The lowest BCUT2D eigenvalue weighted by molar-refractivity contribution is -0.140. The molecule has 3 heterocycles. The molecule has 2 aliphatic heterocycles. The van der Waals surface area contributed by atoms with Gasteiger partial charge in [-0.15, -0.1) is 0 Å². The summed E-state index contributed by atoms with van der Waals surface area (Å²) in [5.41, 5.74) is 10.1. The number of nitrogens with one attached hydrogen (secondary N) is 1. The Morgan fingerprint density at radius 1 is 1.02 bits per heavy atom. The van der Waals surface area contributed by atoms with Gasteiger partial charge in [0.15, 0.2) is 13.9 Å². The normalized spacial score (nSPS) is 20.6. The first kappa shape index (κ1) is 33.4. The number of ether oxygens (including phenoxy) is 3. The number of fused-ring (bicyclic) bond motifs is 2. The van der Waals surface area contributed by atoms with E-state index in [1.165, 1.54) is 10.8 Å². The van der Waals surface area contributed by atoms with Crippen molar-refractivity contribution in [3.63, 3.8) is 0 Å². The highest BCUT2D eigenvalue weighted by molar-refractivity contribution is 6.74. The molecular weight excluding hydrogens is 627 g/mol. The van der Waals surface area contributed by atoms with Crippen molar-refractivity contribution >= 4 is 8.32 Å². The highest BCUT2D eigenvalue weighted by atomic mass is 28.4. The van der Waals surface area contributed by atoms with Crippen molar-refractivity contribution in [1.82, 2.24) is 9.55 Å². The molecule has 1 fully saturated rings. The molecule has 0 amide bonds. The Balaban J connectivity index is 1.53. The van der Waals surface area contributed by atoms with Crippen LogP contribution in [-0.2, 0) is 19.5 Å². The highest BCUT2D eigenvalue weighted by Crippen LogP contribution is 2.53. The molecule has 4 aromatic rings. The number of hydrogen-bond donors (Lipinski definition) is 1. The van der Waals surface area contributed by atoms with Gasteiger partial charge in [0.05, 0.1) is 18.8 Å². The summed E-state index contributed by atoms with van der Waals surface area (Å²) in [5.74, 6) is 1.27. The fraction of sp³-hybridized carbons (Fsp3) is 0.389. The molecule has 6 rings (SSSR count). The maximum atomic E-state index is 13.1. The average Bonchev–Trinajstić information content (AvgIpc) is 3.46. The predicted octanol–water partition coefficient (Wildman–Crippen LogP) is 7.32. The first-order valence-electron chi connectivity index (χ1n) is 16.1. The van der Waals surface area contributed by atoms with E-state index in [1.54, 1.807) is 6.92 Å². The number of para-hydroxylation sites is 2. The number of rotatable bonds is 9. The molecule has 12 heteroatoms. The molecule has 0 radical (unpaired) electrons. The van der Waals surface area contributed by atoms with Crippen molar-refractivity contribution in [3.05, 3.63) is 139 Å². The predicted molar refractivity (Wildman–Crippen MR) is 185 cm³/mol. The van der Waals surface area contributed by atoms with E-state index < -0.39 is 49.7 Å². The van der Waals surface area contributed by atoms with Gasteiger partial charge in [-0.1, -0.05) is 92.6 Å². The molecular formula is C36H41N5O6Si. The topological polar surface area (TPSA) is 141 Å². The van der Waals surface area contributed by atoms with E-state index in [4.69, 9.17) is 18.6 Å². The molecule has 0 spiro atoms. The van der Waals surface area contributed by atoms with Gasteiger partial charge in [0.25, 0.3) is 5.56 Å². The third-order valence-corrected chi connectivity index (χ3v) is 14.3. The van der Waals surface area contributed by atoms with Gasteiger partial charge in [0.1, 0.15) is 23.8 Å². The number of hydrogen-bond acceptors (Lipinski definition) is 7. The third kappa shape index (κ3) is 6.02. The quantitative estimate of drug-likeness (QED) is 0.0859. The van der Waals surface area contributed by atoms with Crippen LogP contribution in [0.25, 0.3) is 10.4 Å². The number of aromatic nitrogens is 2. The zero-order valence-corrected chi connectivity index (χ0v) is 29.0. The van der Waals surface area contributed by atoms with Gasteiger partial charge in [-0.25, -0.2) is 4.79 Å². The fourth-order valence-electron chi connectivity index (χ4n) is 6.32. The van der Waals surface area contributed by atoms with Gasteiger partial charge < -0.3 is 18.6 Å². The van der Waals surface area contributed by atoms with Crippen LogP contribution in [0.1, 0.15) is 55.7 Å². The van der Waals surface area contributed by atoms with Gasteiger partial charge >= 0.3 is 5.69 Å². The zero-order chi connectivity index (χ0) is 34.3. The summed E-state index contributed by atoms with van der Waals surface area (Å²) in [6.07, 6.45) is -1.10. The number of H-pyrrole nitrogens is 1. The van der Waals surface area contributed by atoms with E-state index in [0.29, 0.717) is 23.5 Å². The van der Waals surface area contributed by atoms with E-state index in [9.17, 15) is 15.1 Å². The monoisotopic (exact) mass is 667 g/mol. The fourth-order valence-corrected chi connectivity index (χ4v) is 7.66. The minimum Gasteiger partial charge on any atom is -0.457 e. The summed E-state index contributed by atoms with van der Waals surface area (Å²) in [4.78, 5) is 30.8. The molecule has 0 unspecified atom stereocenters. The molecule has 250 valence electrons. The third-order valence-electron chi connectivity index (χ3n) is 9.78. The van der Waals surface area contributed by atoms with Crippen molar-refractivity contribution in [2.24, 2.45) is 5.11 Å². The molecule has 1 saturated heterocycles. The van der Waals surface area contributed by atoms with Crippen LogP contribution in [0.15, 0.2) is 99.8 Å². The van der Waals surface area contributed by atoms with Crippen molar-refractivity contribution < 1.29 is 18.6 Å². The second kappa shape index (κ2) is 12.9. The first-order valence-corrected chi connectivity index (χ1v) is 19.0. The lowest BCUT2D eigenvalue weighted by Crippen LogP contribution is -2.51. The smallest absolute Gasteiger partial charge is 0.330 e. The Hall–Kier alpha value is -4.45. The molecule has 11 nitrogen and oxygen atoms in total. The molecule has 0 aliphatic carbocycles. The molecule has 3 aromatic carbocycles. The van der Waals surface area contributed by atoms with Gasteiger partial charge in [-0.2, -0.15) is 0 Å². The Morgan fingerprint density at radius 2 is 1.62 bits per heavy atom. The summed E-state index contributed by atoms with van der Waals surface area (Å²) < 4.78 is 29.0. The minimum atomic E-state index is -2.41. The summed E-state index contributed by atoms with van der Waals surface area (Å²) in [6, 6.07) is 25.4. The maximum absolute atomic E-state index is 13.1. The van der Waals surface area contributed by atoms with Crippen LogP contribution in [0.2, 0.25) is 18.1 Å². The minimum absolute atomic E-state index is 0.0788. The molecule has 1 aromatic heterocycles. The van der Waals surface area contributed by atoms with Crippen molar-refractivity contribution in [2.45, 2.75) is 82.4 Å². The Morgan fingerprint density at radius 3 is 2.23 bits per heavy atom. The number of aryl methyl sites for hydroxylation is 1. The van der Waals surface area contributed by atoms with Crippen LogP contribution in [0.4, 0.5) is 0 Å². The van der Waals surface area contributed by atoms with Crippen LogP contribution in [0.3, 0.4) is 0 Å². The average molecular weight is 668 g/mol. The second-order valence-electron chi connectivity index (χ2n) is 13.9. The summed E-state index contributed by atoms with van der Waals surface area (Å²) in [7, 11) is -2.41. The van der Waals surface area contributed by atoms with E-state index in [0.717, 1.165) is 16.7 Å². The molecule has 1 N–H and O–H groups in total. The van der Waals surface area contributed by atoms with E-state index in [1.807, 2.05) is 78.9 Å². The summed E-state index contributed by atoms with van der Waals surface area (Å²) in [6.45, 7) is 12.4. The summed E-state index contributed by atoms with van der Waals surface area (Å²) >= 11 is 0. The summed E-state index contributed by atoms with van der Waals surface area (Å²) in [5, 5.41) is 3.89. The largest absolute Gasteiger partial charge is 0.457 e. The lowest BCUT2D eigenvalue weighted by atomic mass is 9.77. The van der Waals surface area contributed by atoms with Crippen LogP contribution in [0, 0.1) is 6.92 Å². The Bertz CT molecular complexity index is 1920. The SMILES string of the molecule is Cc1cn([C@H]2C[C@H](O[Si](C)(C)C(C)(C)C)[C@@H]([C@H](CN=[N+]=[N-])OC3(c4ccccc4)c4ccccc4Oc4ccccc43)O2)c(=O)[nH]c1=O. The standard InChI is InChI=1S/C36H41N5O6Si/c1-23-22-41(34(43)39-33(23)42)31-20-29(47-48(5,6)35(2,3)4)32(45-31)30(21-38-40-37)46-36(24-14-8-7-9-15-24)25-16-10-12-18-27(25)44-28-19-13-11-17-26(28)36/h7-19,22,29-32H,20-21H2,1-6H3,(H,39,42,43)/t29-,30-,31+,32-/m0/s1. The molecule has 4 atom stereocenters. The van der Waals surface area contributed by atoms with E-state index >= 15 is 0 Å². The molecule has 0 saturated carbocycles.